The first-order valence-corrected chi connectivity index (χ1v) is 8.15. The molecule has 114 valence electrons. The molecule has 6 heteroatoms. The van der Waals surface area contributed by atoms with Gasteiger partial charge < -0.3 is 10.0 Å². The fourth-order valence-corrected chi connectivity index (χ4v) is 4.52. The van der Waals surface area contributed by atoms with Gasteiger partial charge in [-0.3, -0.25) is 9.69 Å². The molecule has 3 aliphatic rings. The summed E-state index contributed by atoms with van der Waals surface area (Å²) in [6.07, 6.45) is 5.26. The van der Waals surface area contributed by atoms with Gasteiger partial charge >= 0.3 is 5.97 Å². The first-order valence-electron chi connectivity index (χ1n) is 7.33. The molecule has 1 fully saturated rings. The first kappa shape index (κ1) is 13.7. The molecule has 1 amide bonds. The van der Waals surface area contributed by atoms with Gasteiger partial charge in [-0.15, -0.1) is 11.3 Å². The maximum atomic E-state index is 12.2. The molecule has 0 spiro atoms. The molecular weight excluding hydrogens is 300 g/mol. The minimum absolute atomic E-state index is 0.0830. The number of nitrogens with zero attached hydrogens (tertiary/aromatic N) is 2. The van der Waals surface area contributed by atoms with Crippen molar-refractivity contribution >= 4 is 29.3 Å². The van der Waals surface area contributed by atoms with E-state index in [0.29, 0.717) is 6.42 Å². The van der Waals surface area contributed by atoms with Gasteiger partial charge in [0.25, 0.3) is 5.91 Å². The van der Waals surface area contributed by atoms with E-state index in [2.05, 4.69) is 18.0 Å². The van der Waals surface area contributed by atoms with Crippen LogP contribution in [0.15, 0.2) is 23.4 Å². The third-order valence-electron chi connectivity index (χ3n) is 4.52. The number of aliphatic carboxylic acids is 1. The van der Waals surface area contributed by atoms with Gasteiger partial charge in [-0.25, -0.2) is 4.79 Å². The van der Waals surface area contributed by atoms with Crippen molar-refractivity contribution in [2.24, 2.45) is 0 Å². The summed E-state index contributed by atoms with van der Waals surface area (Å²) < 4.78 is 0. The third-order valence-corrected chi connectivity index (χ3v) is 5.71. The molecule has 0 bridgehead atoms. The second-order valence-electron chi connectivity index (χ2n) is 6.01. The highest BCUT2D eigenvalue weighted by Gasteiger charge is 2.48. The molecule has 0 radical (unpaired) electrons. The molecule has 5 nitrogen and oxygen atoms in total. The molecule has 22 heavy (non-hydrogen) atoms. The normalized spacial score (nSPS) is 25.8. The molecule has 4 heterocycles. The zero-order valence-corrected chi connectivity index (χ0v) is 13.0. The number of carbonyl (C=O) groups is 2. The average molecular weight is 316 g/mol. The molecule has 1 aromatic heterocycles. The maximum Gasteiger partial charge on any atom is 0.352 e. The number of thiophene rings is 1. The Hall–Kier alpha value is -1.92. The Kier molecular flexibility index (Phi) is 2.99. The summed E-state index contributed by atoms with van der Waals surface area (Å²) in [4.78, 5) is 29.5. The molecule has 0 saturated carbocycles. The van der Waals surface area contributed by atoms with E-state index in [1.165, 1.54) is 15.3 Å². The molecule has 1 aromatic rings. The van der Waals surface area contributed by atoms with E-state index in [1.54, 1.807) is 17.4 Å². The Bertz CT molecular complexity index is 747. The first-order chi connectivity index (χ1) is 10.5. The van der Waals surface area contributed by atoms with Gasteiger partial charge in [0.2, 0.25) is 0 Å². The smallest absolute Gasteiger partial charge is 0.352 e. The Labute approximate surface area is 132 Å². The van der Waals surface area contributed by atoms with Crippen LogP contribution >= 0.6 is 11.3 Å². The number of hydrogen-bond donors (Lipinski definition) is 1. The van der Waals surface area contributed by atoms with E-state index in [-0.39, 0.29) is 17.6 Å². The monoisotopic (exact) mass is 316 g/mol. The topological polar surface area (TPSA) is 60.9 Å². The minimum atomic E-state index is -1.02. The summed E-state index contributed by atoms with van der Waals surface area (Å²) in [6, 6.07) is 2.08. The van der Waals surface area contributed by atoms with Crippen molar-refractivity contribution < 1.29 is 14.7 Å². The van der Waals surface area contributed by atoms with Crippen molar-refractivity contribution in [3.8, 4) is 0 Å². The number of fused-ring (bicyclic) bond motifs is 2. The van der Waals surface area contributed by atoms with Crippen LogP contribution in [0.3, 0.4) is 0 Å². The zero-order valence-electron chi connectivity index (χ0n) is 12.2. The van der Waals surface area contributed by atoms with Crippen molar-refractivity contribution in [2.75, 3.05) is 13.6 Å². The molecule has 0 aliphatic carbocycles. The lowest BCUT2D eigenvalue weighted by molar-refractivity contribution is -0.142. The van der Waals surface area contributed by atoms with Crippen molar-refractivity contribution in [3.05, 3.63) is 38.7 Å². The molecule has 0 aromatic carbocycles. The summed E-state index contributed by atoms with van der Waals surface area (Å²) in [6.45, 7) is 2.04. The second-order valence-corrected chi connectivity index (χ2v) is 7.17. The van der Waals surface area contributed by atoms with E-state index < -0.39 is 5.97 Å². The molecule has 0 unspecified atom stereocenters. The Morgan fingerprint density at radius 1 is 1.50 bits per heavy atom. The number of carbonyl (C=O) groups excluding carboxylic acids is 1. The predicted molar refractivity (Wildman–Crippen MR) is 83.3 cm³/mol. The lowest BCUT2D eigenvalue weighted by Gasteiger charge is -2.38. The zero-order chi connectivity index (χ0) is 15.4. The lowest BCUT2D eigenvalue weighted by Crippen LogP contribution is -2.52. The van der Waals surface area contributed by atoms with E-state index in [1.807, 2.05) is 6.08 Å². The highest BCUT2D eigenvalue weighted by Crippen LogP contribution is 2.40. The van der Waals surface area contributed by atoms with Crippen LogP contribution in [0.25, 0.3) is 6.08 Å². The van der Waals surface area contributed by atoms with Crippen molar-refractivity contribution in [1.82, 2.24) is 9.80 Å². The van der Waals surface area contributed by atoms with E-state index in [0.717, 1.165) is 30.0 Å². The van der Waals surface area contributed by atoms with Crippen LogP contribution < -0.4 is 0 Å². The Morgan fingerprint density at radius 3 is 3.09 bits per heavy atom. The molecular formula is C16H16N2O3S. The highest BCUT2D eigenvalue weighted by molar-refractivity contribution is 7.13. The molecule has 1 atom stereocenters. The molecule has 3 aliphatic heterocycles. The van der Waals surface area contributed by atoms with Crippen LogP contribution in [0.5, 0.6) is 0 Å². The largest absolute Gasteiger partial charge is 0.477 e. The second kappa shape index (κ2) is 4.79. The summed E-state index contributed by atoms with van der Waals surface area (Å²) in [5.74, 6) is -1.19. The SMILES string of the molecule is CN1CCc2sc(C=C3C(=O)N4C(C(=O)O)=CC[C@H]34)cc2C1. The minimum Gasteiger partial charge on any atom is -0.477 e. The van der Waals surface area contributed by atoms with Crippen LogP contribution in [0.4, 0.5) is 0 Å². The Balaban J connectivity index is 1.59. The number of carboxylic acids is 1. The maximum absolute atomic E-state index is 12.2. The number of rotatable bonds is 2. The summed E-state index contributed by atoms with van der Waals surface area (Å²) in [5.41, 5.74) is 2.21. The number of hydrogen-bond acceptors (Lipinski definition) is 4. The van der Waals surface area contributed by atoms with Gasteiger partial charge in [-0.05, 0) is 37.6 Å². The number of β-lactam (4-membered cyclic amide) rings is 1. The van der Waals surface area contributed by atoms with Crippen molar-refractivity contribution in [3.63, 3.8) is 0 Å². The summed E-state index contributed by atoms with van der Waals surface area (Å²) in [7, 11) is 2.11. The molecule has 1 N–H and O–H groups in total. The van der Waals surface area contributed by atoms with Crippen LogP contribution in [-0.4, -0.2) is 46.4 Å². The molecule has 1 saturated heterocycles. The van der Waals surface area contributed by atoms with Crippen LogP contribution in [0.2, 0.25) is 0 Å². The average Bonchev–Trinajstić information content (AvgIpc) is 3.05. The van der Waals surface area contributed by atoms with Gasteiger partial charge in [-0.1, -0.05) is 6.08 Å². The van der Waals surface area contributed by atoms with Gasteiger partial charge in [0, 0.05) is 28.4 Å². The van der Waals surface area contributed by atoms with Crippen LogP contribution in [-0.2, 0) is 22.6 Å². The lowest BCUT2D eigenvalue weighted by atomic mass is 9.94. The Morgan fingerprint density at radius 2 is 2.32 bits per heavy atom. The van der Waals surface area contributed by atoms with Crippen molar-refractivity contribution in [2.45, 2.75) is 25.4 Å². The highest BCUT2D eigenvalue weighted by atomic mass is 32.1. The number of carboxylic acid groups (broad SMARTS) is 1. The van der Waals surface area contributed by atoms with Crippen molar-refractivity contribution in [1.29, 1.82) is 0 Å². The fourth-order valence-electron chi connectivity index (χ4n) is 3.40. The van der Waals surface area contributed by atoms with E-state index in [4.69, 9.17) is 5.11 Å². The predicted octanol–water partition coefficient (Wildman–Crippen LogP) is 1.70. The van der Waals surface area contributed by atoms with Crippen LogP contribution in [0.1, 0.15) is 21.7 Å². The van der Waals surface area contributed by atoms with Crippen LogP contribution in [0, 0.1) is 0 Å². The standard InChI is InChI=1S/C16H16N2O3S/c1-17-5-4-14-9(8-17)6-10(22-14)7-11-12-2-3-13(16(20)21)18(12)15(11)19/h3,6-7,12H,2,4-5,8H2,1H3,(H,20,21)/t12-/m1/s1. The fraction of sp³-hybridized carbons (Fsp3) is 0.375. The molecule has 4 rings (SSSR count). The van der Waals surface area contributed by atoms with Gasteiger partial charge in [0.1, 0.15) is 5.70 Å². The third kappa shape index (κ3) is 1.94. The number of likely N-dealkylation sites (N-methyl/N-ethyl adjacent to an activating group) is 1. The summed E-state index contributed by atoms with van der Waals surface area (Å²) >= 11 is 1.75. The van der Waals surface area contributed by atoms with Gasteiger partial charge in [0.15, 0.2) is 0 Å². The summed E-state index contributed by atoms with van der Waals surface area (Å²) in [5, 5.41) is 9.08. The quantitative estimate of drug-likeness (QED) is 0.666. The van der Waals surface area contributed by atoms with E-state index >= 15 is 0 Å². The van der Waals surface area contributed by atoms with Gasteiger partial charge in [0.05, 0.1) is 6.04 Å². The number of amides is 1. The van der Waals surface area contributed by atoms with Gasteiger partial charge in [-0.2, -0.15) is 0 Å². The van der Waals surface area contributed by atoms with E-state index in [9.17, 15) is 9.59 Å².